The van der Waals surface area contributed by atoms with Crippen LogP contribution in [-0.4, -0.2) is 14.8 Å². The maximum absolute atomic E-state index is 5.26. The molecule has 2 rings (SSSR count). The molecule has 6 heteroatoms. The Morgan fingerprint density at radius 1 is 1.20 bits per heavy atom. The summed E-state index contributed by atoms with van der Waals surface area (Å²) in [4.78, 5) is 4.20. The Labute approximate surface area is 87.1 Å². The van der Waals surface area contributed by atoms with Crippen molar-refractivity contribution in [3.8, 4) is 0 Å². The fourth-order valence-electron chi connectivity index (χ4n) is 1.20. The first kappa shape index (κ1) is 9.47. The van der Waals surface area contributed by atoms with E-state index in [9.17, 15) is 0 Å². The van der Waals surface area contributed by atoms with Crippen LogP contribution in [0, 0.1) is 0 Å². The Balaban J connectivity index is 2.16. The lowest BCUT2D eigenvalue weighted by atomic mass is 10.4. The number of aryl methyl sites for hydroxylation is 1. The molecule has 6 nitrogen and oxygen atoms in total. The van der Waals surface area contributed by atoms with Crippen molar-refractivity contribution in [2.75, 3.05) is 10.7 Å². The Morgan fingerprint density at radius 2 is 2.00 bits per heavy atom. The monoisotopic (exact) mass is 204 g/mol. The number of aromatic nitrogens is 3. The Morgan fingerprint density at radius 3 is 2.67 bits per heavy atom. The van der Waals surface area contributed by atoms with Crippen molar-refractivity contribution in [2.45, 2.75) is 0 Å². The van der Waals surface area contributed by atoms with Gasteiger partial charge in [-0.05, 0) is 12.1 Å². The Kier molecular flexibility index (Phi) is 2.51. The van der Waals surface area contributed by atoms with E-state index in [0.717, 1.165) is 5.82 Å². The van der Waals surface area contributed by atoms with Crippen LogP contribution in [0.5, 0.6) is 0 Å². The van der Waals surface area contributed by atoms with Crippen molar-refractivity contribution in [1.82, 2.24) is 14.8 Å². The molecule has 2 heterocycles. The van der Waals surface area contributed by atoms with E-state index in [1.807, 2.05) is 31.4 Å². The zero-order chi connectivity index (χ0) is 10.7. The van der Waals surface area contributed by atoms with Crippen LogP contribution in [0.25, 0.3) is 0 Å². The summed E-state index contributed by atoms with van der Waals surface area (Å²) in [5.41, 5.74) is 2.48. The third-order valence-corrected chi connectivity index (χ3v) is 1.87. The van der Waals surface area contributed by atoms with E-state index in [0.29, 0.717) is 11.6 Å². The first-order valence-electron chi connectivity index (χ1n) is 4.48. The molecule has 0 radical (unpaired) electrons. The Hall–Kier alpha value is -2.08. The lowest BCUT2D eigenvalue weighted by molar-refractivity contribution is 0.771. The molecule has 0 fully saturated rings. The number of pyridine rings is 1. The summed E-state index contributed by atoms with van der Waals surface area (Å²) in [7, 11) is 1.86. The van der Waals surface area contributed by atoms with E-state index >= 15 is 0 Å². The number of rotatable bonds is 3. The van der Waals surface area contributed by atoms with Gasteiger partial charge in [0.05, 0.1) is 0 Å². The van der Waals surface area contributed by atoms with Crippen LogP contribution in [0.2, 0.25) is 0 Å². The van der Waals surface area contributed by atoms with Gasteiger partial charge in [-0.1, -0.05) is 6.07 Å². The van der Waals surface area contributed by atoms with Crippen molar-refractivity contribution >= 4 is 17.5 Å². The Bertz CT molecular complexity index is 449. The van der Waals surface area contributed by atoms with Crippen molar-refractivity contribution in [3.05, 3.63) is 30.5 Å². The predicted molar refractivity (Wildman–Crippen MR) is 58.5 cm³/mol. The molecule has 0 amide bonds. The molecule has 78 valence electrons. The predicted octanol–water partition coefficient (Wildman–Crippen LogP) is 0.844. The third-order valence-electron chi connectivity index (χ3n) is 1.87. The molecule has 2 aromatic rings. The summed E-state index contributed by atoms with van der Waals surface area (Å²) in [6, 6.07) is 7.34. The van der Waals surface area contributed by atoms with Crippen molar-refractivity contribution in [3.63, 3.8) is 0 Å². The van der Waals surface area contributed by atoms with Gasteiger partial charge in [-0.25, -0.2) is 10.8 Å². The van der Waals surface area contributed by atoms with Gasteiger partial charge in [0.2, 0.25) is 0 Å². The molecule has 0 bridgehead atoms. The summed E-state index contributed by atoms with van der Waals surface area (Å²) in [5.74, 6) is 7.31. The summed E-state index contributed by atoms with van der Waals surface area (Å²) < 4.78 is 1.72. The highest BCUT2D eigenvalue weighted by Gasteiger charge is 1.99. The topological polar surface area (TPSA) is 80.8 Å². The van der Waals surface area contributed by atoms with E-state index in [-0.39, 0.29) is 0 Å². The molecule has 4 N–H and O–H groups in total. The number of hydrogen-bond donors (Lipinski definition) is 3. The minimum absolute atomic E-state index is 0.607. The minimum atomic E-state index is 0.607. The van der Waals surface area contributed by atoms with Gasteiger partial charge in [0.15, 0.2) is 5.82 Å². The highest BCUT2D eigenvalue weighted by Crippen LogP contribution is 2.13. The zero-order valence-electron chi connectivity index (χ0n) is 8.31. The van der Waals surface area contributed by atoms with Crippen LogP contribution >= 0.6 is 0 Å². The first-order chi connectivity index (χ1) is 7.28. The fourth-order valence-corrected chi connectivity index (χ4v) is 1.20. The van der Waals surface area contributed by atoms with Crippen molar-refractivity contribution in [2.24, 2.45) is 12.9 Å². The van der Waals surface area contributed by atoms with E-state index in [4.69, 9.17) is 5.84 Å². The fraction of sp³-hybridized carbons (Fsp3) is 0.111. The van der Waals surface area contributed by atoms with Crippen molar-refractivity contribution < 1.29 is 0 Å². The van der Waals surface area contributed by atoms with Gasteiger partial charge in [-0.3, -0.25) is 4.68 Å². The van der Waals surface area contributed by atoms with Crippen molar-refractivity contribution in [1.29, 1.82) is 0 Å². The number of nitrogen functional groups attached to an aromatic ring is 1. The van der Waals surface area contributed by atoms with Gasteiger partial charge < -0.3 is 10.7 Å². The SMILES string of the molecule is Cn1ccc(Nc2cccc(NN)n2)n1. The number of nitrogens with zero attached hydrogens (tertiary/aromatic N) is 3. The second-order valence-corrected chi connectivity index (χ2v) is 3.05. The normalized spacial score (nSPS) is 10.0. The second-order valence-electron chi connectivity index (χ2n) is 3.05. The summed E-state index contributed by atoms with van der Waals surface area (Å²) in [5, 5.41) is 7.24. The molecular formula is C9H12N6. The number of nitrogens with two attached hydrogens (primary N) is 1. The van der Waals surface area contributed by atoms with Gasteiger partial charge in [-0.15, -0.1) is 0 Å². The molecule has 0 atom stereocenters. The highest BCUT2D eigenvalue weighted by molar-refractivity contribution is 5.53. The summed E-state index contributed by atoms with van der Waals surface area (Å²) in [6.45, 7) is 0. The molecule has 0 aromatic carbocycles. The first-order valence-corrected chi connectivity index (χ1v) is 4.48. The molecule has 2 aromatic heterocycles. The maximum Gasteiger partial charge on any atom is 0.153 e. The molecular weight excluding hydrogens is 192 g/mol. The smallest absolute Gasteiger partial charge is 0.153 e. The average Bonchev–Trinajstić information content (AvgIpc) is 2.64. The second kappa shape index (κ2) is 3.97. The van der Waals surface area contributed by atoms with Gasteiger partial charge in [0.1, 0.15) is 11.6 Å². The van der Waals surface area contributed by atoms with E-state index < -0.39 is 0 Å². The molecule has 15 heavy (non-hydrogen) atoms. The van der Waals surface area contributed by atoms with Crippen LogP contribution in [0.4, 0.5) is 17.5 Å². The number of anilines is 3. The highest BCUT2D eigenvalue weighted by atomic mass is 15.3. The quantitative estimate of drug-likeness (QED) is 0.510. The number of hydrogen-bond acceptors (Lipinski definition) is 5. The molecule has 0 saturated heterocycles. The van der Waals surface area contributed by atoms with Crippen LogP contribution in [0.15, 0.2) is 30.5 Å². The average molecular weight is 204 g/mol. The molecule has 0 aliphatic carbocycles. The van der Waals surface area contributed by atoms with E-state index in [1.54, 1.807) is 10.7 Å². The van der Waals surface area contributed by atoms with Gasteiger partial charge in [0, 0.05) is 19.3 Å². The molecule has 0 aliphatic heterocycles. The molecule has 0 aliphatic rings. The van der Waals surface area contributed by atoms with E-state index in [1.165, 1.54) is 0 Å². The van der Waals surface area contributed by atoms with Crippen LogP contribution in [0.3, 0.4) is 0 Å². The molecule has 0 saturated carbocycles. The van der Waals surface area contributed by atoms with Crippen LogP contribution in [0.1, 0.15) is 0 Å². The number of hydrazine groups is 1. The van der Waals surface area contributed by atoms with Gasteiger partial charge in [-0.2, -0.15) is 5.10 Å². The standard InChI is InChI=1S/C9H12N6/c1-15-6-5-9(14-15)12-7-3-2-4-8(11-7)13-10/h2-6H,10H2,1H3,(H2,11,12,13,14). The third kappa shape index (κ3) is 2.23. The van der Waals surface area contributed by atoms with E-state index in [2.05, 4.69) is 20.8 Å². The lowest BCUT2D eigenvalue weighted by Crippen LogP contribution is -2.09. The molecule has 0 unspecified atom stereocenters. The van der Waals surface area contributed by atoms with Crippen LogP contribution < -0.4 is 16.6 Å². The maximum atomic E-state index is 5.26. The molecule has 0 spiro atoms. The van der Waals surface area contributed by atoms with Crippen LogP contribution in [-0.2, 0) is 7.05 Å². The zero-order valence-corrected chi connectivity index (χ0v) is 8.31. The number of nitrogens with one attached hydrogen (secondary N) is 2. The lowest BCUT2D eigenvalue weighted by Gasteiger charge is -2.03. The summed E-state index contributed by atoms with van der Waals surface area (Å²) >= 11 is 0. The summed E-state index contributed by atoms with van der Waals surface area (Å²) in [6.07, 6.45) is 1.85. The largest absolute Gasteiger partial charge is 0.323 e. The van der Waals surface area contributed by atoms with Gasteiger partial charge in [0.25, 0.3) is 0 Å². The minimum Gasteiger partial charge on any atom is -0.323 e. The van der Waals surface area contributed by atoms with Gasteiger partial charge >= 0.3 is 0 Å².